The quantitative estimate of drug-likeness (QED) is 0.856. The molecule has 0 aliphatic heterocycles. The van der Waals surface area contributed by atoms with Gasteiger partial charge in [0, 0.05) is 29.4 Å². The fourth-order valence-electron chi connectivity index (χ4n) is 2.23. The van der Waals surface area contributed by atoms with Crippen LogP contribution in [-0.4, -0.2) is 7.05 Å². The molecule has 0 bridgehead atoms. The molecular formula is C16H19BrN2. The average Bonchev–Trinajstić information content (AvgIpc) is 2.32. The van der Waals surface area contributed by atoms with Gasteiger partial charge in [-0.3, -0.25) is 0 Å². The van der Waals surface area contributed by atoms with Gasteiger partial charge in [-0.05, 0) is 70.7 Å². The lowest BCUT2D eigenvalue weighted by Gasteiger charge is -2.21. The number of nitrogen functional groups attached to an aromatic ring is 1. The van der Waals surface area contributed by atoms with Gasteiger partial charge in [-0.1, -0.05) is 12.1 Å². The Labute approximate surface area is 123 Å². The molecule has 0 fully saturated rings. The third kappa shape index (κ3) is 3.51. The van der Waals surface area contributed by atoms with Crippen molar-refractivity contribution in [1.29, 1.82) is 0 Å². The molecule has 2 aromatic carbocycles. The van der Waals surface area contributed by atoms with Gasteiger partial charge in [-0.15, -0.1) is 0 Å². The molecule has 0 aliphatic carbocycles. The Morgan fingerprint density at radius 1 is 1.05 bits per heavy atom. The molecule has 0 aliphatic rings. The number of nitrogens with zero attached hydrogens (tertiary/aromatic N) is 1. The van der Waals surface area contributed by atoms with Gasteiger partial charge < -0.3 is 10.6 Å². The summed E-state index contributed by atoms with van der Waals surface area (Å²) in [6.45, 7) is 5.10. The first kappa shape index (κ1) is 13.9. The van der Waals surface area contributed by atoms with Crippen molar-refractivity contribution >= 4 is 27.3 Å². The van der Waals surface area contributed by atoms with Crippen LogP contribution in [0.15, 0.2) is 40.9 Å². The van der Waals surface area contributed by atoms with Gasteiger partial charge in [-0.2, -0.15) is 0 Å². The van der Waals surface area contributed by atoms with Crippen molar-refractivity contribution in [3.8, 4) is 0 Å². The van der Waals surface area contributed by atoms with E-state index in [0.29, 0.717) is 0 Å². The maximum Gasteiger partial charge on any atom is 0.0461 e. The highest BCUT2D eigenvalue weighted by Crippen LogP contribution is 2.23. The highest BCUT2D eigenvalue weighted by molar-refractivity contribution is 9.10. The molecule has 0 saturated heterocycles. The Bertz CT molecular complexity index is 573. The van der Waals surface area contributed by atoms with E-state index in [1.807, 2.05) is 12.1 Å². The Kier molecular flexibility index (Phi) is 4.15. The minimum Gasteiger partial charge on any atom is -0.398 e. The number of hydrogen-bond acceptors (Lipinski definition) is 2. The Morgan fingerprint density at radius 2 is 1.68 bits per heavy atom. The lowest BCUT2D eigenvalue weighted by atomic mass is 10.1. The molecule has 0 heterocycles. The van der Waals surface area contributed by atoms with Gasteiger partial charge in [0.1, 0.15) is 0 Å². The fraction of sp³-hybridized carbons (Fsp3) is 0.250. The molecule has 0 saturated carbocycles. The van der Waals surface area contributed by atoms with E-state index in [4.69, 9.17) is 5.73 Å². The molecule has 0 aromatic heterocycles. The lowest BCUT2D eigenvalue weighted by molar-refractivity contribution is 0.921. The van der Waals surface area contributed by atoms with Crippen molar-refractivity contribution in [2.24, 2.45) is 0 Å². The van der Waals surface area contributed by atoms with Crippen LogP contribution in [0.5, 0.6) is 0 Å². The summed E-state index contributed by atoms with van der Waals surface area (Å²) in [6, 6.07) is 12.7. The molecule has 0 unspecified atom stereocenters. The van der Waals surface area contributed by atoms with Crippen molar-refractivity contribution < 1.29 is 0 Å². The summed E-state index contributed by atoms with van der Waals surface area (Å²) in [5, 5.41) is 0. The van der Waals surface area contributed by atoms with E-state index >= 15 is 0 Å². The van der Waals surface area contributed by atoms with Crippen molar-refractivity contribution in [2.45, 2.75) is 20.4 Å². The fourth-order valence-corrected chi connectivity index (χ4v) is 2.47. The Hall–Kier alpha value is -1.48. The summed E-state index contributed by atoms with van der Waals surface area (Å²) >= 11 is 3.42. The van der Waals surface area contributed by atoms with E-state index in [1.165, 1.54) is 22.4 Å². The smallest absolute Gasteiger partial charge is 0.0461 e. The monoisotopic (exact) mass is 318 g/mol. The van der Waals surface area contributed by atoms with E-state index in [2.05, 4.69) is 66.0 Å². The molecule has 3 heteroatoms. The van der Waals surface area contributed by atoms with Crippen LogP contribution in [0.4, 0.5) is 11.4 Å². The second-order valence-electron chi connectivity index (χ2n) is 5.06. The third-order valence-corrected chi connectivity index (χ3v) is 3.85. The summed E-state index contributed by atoms with van der Waals surface area (Å²) in [4.78, 5) is 2.24. The zero-order chi connectivity index (χ0) is 14.0. The summed E-state index contributed by atoms with van der Waals surface area (Å²) in [5.41, 5.74) is 11.7. The van der Waals surface area contributed by atoms with Gasteiger partial charge in [-0.25, -0.2) is 0 Å². The van der Waals surface area contributed by atoms with Crippen LogP contribution in [-0.2, 0) is 6.54 Å². The highest BCUT2D eigenvalue weighted by Gasteiger charge is 2.05. The second-order valence-corrected chi connectivity index (χ2v) is 5.91. The third-order valence-electron chi connectivity index (χ3n) is 3.13. The molecule has 100 valence electrons. The SMILES string of the molecule is Cc1cc(C)cc(N(C)Cc2ccc(Br)c(N)c2)c1. The molecule has 0 atom stereocenters. The van der Waals surface area contributed by atoms with Crippen LogP contribution in [0.3, 0.4) is 0 Å². The van der Waals surface area contributed by atoms with Crippen molar-refractivity contribution in [3.63, 3.8) is 0 Å². The first-order valence-electron chi connectivity index (χ1n) is 6.29. The van der Waals surface area contributed by atoms with Crippen LogP contribution < -0.4 is 10.6 Å². The number of nitrogens with two attached hydrogens (primary N) is 1. The molecule has 2 N–H and O–H groups in total. The first-order chi connectivity index (χ1) is 8.95. The number of benzene rings is 2. The molecular weight excluding hydrogens is 300 g/mol. The van der Waals surface area contributed by atoms with Crippen LogP contribution in [0.25, 0.3) is 0 Å². The molecule has 19 heavy (non-hydrogen) atoms. The van der Waals surface area contributed by atoms with Gasteiger partial charge in [0.05, 0.1) is 0 Å². The predicted molar refractivity (Wildman–Crippen MR) is 86.6 cm³/mol. The van der Waals surface area contributed by atoms with Gasteiger partial charge in [0.25, 0.3) is 0 Å². The first-order valence-corrected chi connectivity index (χ1v) is 7.08. The van der Waals surface area contributed by atoms with Crippen molar-refractivity contribution in [1.82, 2.24) is 0 Å². The number of aryl methyl sites for hydroxylation is 2. The Morgan fingerprint density at radius 3 is 2.26 bits per heavy atom. The predicted octanol–water partition coefficient (Wildman–Crippen LogP) is 4.28. The number of anilines is 2. The molecule has 2 aromatic rings. The average molecular weight is 319 g/mol. The number of hydrogen-bond donors (Lipinski definition) is 1. The highest BCUT2D eigenvalue weighted by atomic mass is 79.9. The number of halogens is 1. The minimum absolute atomic E-state index is 0.784. The van der Waals surface area contributed by atoms with E-state index in [-0.39, 0.29) is 0 Å². The van der Waals surface area contributed by atoms with E-state index < -0.39 is 0 Å². The lowest BCUT2D eigenvalue weighted by Crippen LogP contribution is -2.16. The van der Waals surface area contributed by atoms with Gasteiger partial charge in [0.15, 0.2) is 0 Å². The van der Waals surface area contributed by atoms with E-state index in [1.54, 1.807) is 0 Å². The van der Waals surface area contributed by atoms with Crippen LogP contribution >= 0.6 is 15.9 Å². The molecule has 0 amide bonds. The summed E-state index contributed by atoms with van der Waals surface area (Å²) < 4.78 is 0.949. The van der Waals surface area contributed by atoms with Crippen LogP contribution in [0.1, 0.15) is 16.7 Å². The summed E-state index contributed by atoms with van der Waals surface area (Å²) in [5.74, 6) is 0. The molecule has 2 nitrogen and oxygen atoms in total. The summed E-state index contributed by atoms with van der Waals surface area (Å²) in [6.07, 6.45) is 0. The van der Waals surface area contributed by atoms with Gasteiger partial charge in [0.2, 0.25) is 0 Å². The topological polar surface area (TPSA) is 29.3 Å². The van der Waals surface area contributed by atoms with Crippen LogP contribution in [0, 0.1) is 13.8 Å². The minimum atomic E-state index is 0.784. The van der Waals surface area contributed by atoms with E-state index in [0.717, 1.165) is 16.7 Å². The molecule has 0 spiro atoms. The molecule has 2 rings (SSSR count). The maximum absolute atomic E-state index is 5.92. The number of rotatable bonds is 3. The zero-order valence-electron chi connectivity index (χ0n) is 11.6. The second kappa shape index (κ2) is 5.66. The van der Waals surface area contributed by atoms with E-state index in [9.17, 15) is 0 Å². The van der Waals surface area contributed by atoms with Crippen molar-refractivity contribution in [2.75, 3.05) is 17.7 Å². The van der Waals surface area contributed by atoms with Gasteiger partial charge >= 0.3 is 0 Å². The van der Waals surface area contributed by atoms with Crippen molar-refractivity contribution in [3.05, 3.63) is 57.6 Å². The molecule has 0 radical (unpaired) electrons. The summed E-state index contributed by atoms with van der Waals surface area (Å²) in [7, 11) is 2.10. The van der Waals surface area contributed by atoms with Crippen LogP contribution in [0.2, 0.25) is 0 Å². The largest absolute Gasteiger partial charge is 0.398 e. The Balaban J connectivity index is 2.20. The standard InChI is InChI=1S/C16H19BrN2/c1-11-6-12(2)8-14(7-11)19(3)10-13-4-5-15(17)16(18)9-13/h4-9H,10,18H2,1-3H3. The normalized spacial score (nSPS) is 10.5. The maximum atomic E-state index is 5.92. The zero-order valence-corrected chi connectivity index (χ0v) is 13.2.